The minimum Gasteiger partial charge on any atom is -0.341 e. The molecule has 0 spiro atoms. The maximum absolute atomic E-state index is 13.3. The minimum atomic E-state index is -0.495. The maximum Gasteiger partial charge on any atom is 0.216 e. The van der Waals surface area contributed by atoms with Crippen LogP contribution in [0.4, 0.5) is 4.39 Å². The molecule has 2 aromatic heterocycles. The number of aromatic amines is 1. The SMILES string of the molecule is Fc1ccnc(C2CN(Cc3cnc(-c4ccccc4)[nH]3)CCN2)n1. The zero-order valence-corrected chi connectivity index (χ0v) is 13.7. The number of rotatable bonds is 4. The highest BCUT2D eigenvalue weighted by Gasteiger charge is 2.23. The van der Waals surface area contributed by atoms with Crippen molar-refractivity contribution >= 4 is 0 Å². The van der Waals surface area contributed by atoms with Gasteiger partial charge in [-0.05, 0) is 0 Å². The lowest BCUT2D eigenvalue weighted by Gasteiger charge is -2.32. The summed E-state index contributed by atoms with van der Waals surface area (Å²) in [5.74, 6) is 0.875. The standard InChI is InChI=1S/C18H19FN6/c19-16-6-7-21-18(24-16)15-12-25(9-8-20-15)11-14-10-22-17(23-14)13-4-2-1-3-5-13/h1-7,10,15,20H,8-9,11-12H2,(H,22,23). The number of piperazine rings is 1. The number of hydrogen-bond acceptors (Lipinski definition) is 5. The van der Waals surface area contributed by atoms with E-state index in [1.54, 1.807) is 0 Å². The predicted molar refractivity (Wildman–Crippen MR) is 92.0 cm³/mol. The first-order valence-electron chi connectivity index (χ1n) is 8.31. The van der Waals surface area contributed by atoms with E-state index in [0.717, 1.165) is 43.3 Å². The molecule has 6 nitrogen and oxygen atoms in total. The molecular formula is C18H19FN6. The number of hydrogen-bond donors (Lipinski definition) is 2. The lowest BCUT2D eigenvalue weighted by atomic mass is 10.2. The van der Waals surface area contributed by atoms with Crippen LogP contribution in [0.25, 0.3) is 11.4 Å². The minimum absolute atomic E-state index is 0.0686. The molecule has 1 saturated heterocycles. The highest BCUT2D eigenvalue weighted by Crippen LogP contribution is 2.18. The molecule has 3 heterocycles. The molecule has 7 heteroatoms. The van der Waals surface area contributed by atoms with Gasteiger partial charge in [0, 0.05) is 55.9 Å². The van der Waals surface area contributed by atoms with Gasteiger partial charge in [-0.1, -0.05) is 30.3 Å². The van der Waals surface area contributed by atoms with Crippen LogP contribution in [0.5, 0.6) is 0 Å². The van der Waals surface area contributed by atoms with Gasteiger partial charge in [-0.25, -0.2) is 15.0 Å². The van der Waals surface area contributed by atoms with Gasteiger partial charge >= 0.3 is 0 Å². The molecule has 25 heavy (non-hydrogen) atoms. The van der Waals surface area contributed by atoms with E-state index in [2.05, 4.69) is 30.2 Å². The normalized spacial score (nSPS) is 18.4. The molecule has 1 fully saturated rings. The molecule has 0 bridgehead atoms. The lowest BCUT2D eigenvalue weighted by molar-refractivity contribution is 0.187. The second kappa shape index (κ2) is 7.08. The Balaban J connectivity index is 1.43. The molecule has 1 unspecified atom stereocenters. The van der Waals surface area contributed by atoms with E-state index in [0.29, 0.717) is 5.82 Å². The van der Waals surface area contributed by atoms with Gasteiger partial charge in [-0.2, -0.15) is 4.39 Å². The molecule has 128 valence electrons. The number of H-pyrrole nitrogens is 1. The second-order valence-corrected chi connectivity index (χ2v) is 6.10. The number of nitrogens with one attached hydrogen (secondary N) is 2. The largest absolute Gasteiger partial charge is 0.341 e. The molecular weight excluding hydrogens is 319 g/mol. The van der Waals surface area contributed by atoms with Crippen LogP contribution in [0, 0.1) is 5.95 Å². The number of nitrogens with zero attached hydrogens (tertiary/aromatic N) is 4. The Morgan fingerprint density at radius 2 is 2.04 bits per heavy atom. The van der Waals surface area contributed by atoms with E-state index in [9.17, 15) is 4.39 Å². The van der Waals surface area contributed by atoms with Crippen LogP contribution in [-0.2, 0) is 6.54 Å². The van der Waals surface area contributed by atoms with Gasteiger partial charge in [-0.15, -0.1) is 0 Å². The van der Waals surface area contributed by atoms with Crippen molar-refractivity contribution in [2.24, 2.45) is 0 Å². The first kappa shape index (κ1) is 15.9. The van der Waals surface area contributed by atoms with E-state index in [1.807, 2.05) is 36.5 Å². The molecule has 1 aliphatic heterocycles. The van der Waals surface area contributed by atoms with Crippen LogP contribution in [0.3, 0.4) is 0 Å². The maximum atomic E-state index is 13.3. The topological polar surface area (TPSA) is 69.7 Å². The van der Waals surface area contributed by atoms with E-state index < -0.39 is 5.95 Å². The van der Waals surface area contributed by atoms with Crippen LogP contribution in [0.15, 0.2) is 48.8 Å². The Hall–Kier alpha value is -2.64. The molecule has 0 saturated carbocycles. The Morgan fingerprint density at radius 1 is 1.16 bits per heavy atom. The third kappa shape index (κ3) is 3.72. The smallest absolute Gasteiger partial charge is 0.216 e. The van der Waals surface area contributed by atoms with Gasteiger partial charge in [0.2, 0.25) is 5.95 Å². The van der Waals surface area contributed by atoms with E-state index in [-0.39, 0.29) is 6.04 Å². The van der Waals surface area contributed by atoms with Crippen molar-refractivity contribution in [3.8, 4) is 11.4 Å². The van der Waals surface area contributed by atoms with Crippen molar-refractivity contribution in [1.82, 2.24) is 30.2 Å². The Morgan fingerprint density at radius 3 is 2.88 bits per heavy atom. The molecule has 1 aliphatic rings. The fourth-order valence-corrected chi connectivity index (χ4v) is 3.07. The first-order valence-corrected chi connectivity index (χ1v) is 8.31. The van der Waals surface area contributed by atoms with Crippen molar-refractivity contribution < 1.29 is 4.39 Å². The Kier molecular flexibility index (Phi) is 4.49. The van der Waals surface area contributed by atoms with Crippen molar-refractivity contribution in [2.75, 3.05) is 19.6 Å². The van der Waals surface area contributed by atoms with E-state index in [1.165, 1.54) is 12.3 Å². The summed E-state index contributed by atoms with van der Waals surface area (Å²) >= 11 is 0. The average molecular weight is 338 g/mol. The number of imidazole rings is 1. The van der Waals surface area contributed by atoms with Crippen molar-refractivity contribution in [3.05, 3.63) is 66.3 Å². The van der Waals surface area contributed by atoms with Crippen LogP contribution in [0.2, 0.25) is 0 Å². The summed E-state index contributed by atoms with van der Waals surface area (Å²) in [6.07, 6.45) is 3.33. The van der Waals surface area contributed by atoms with Crippen molar-refractivity contribution in [3.63, 3.8) is 0 Å². The van der Waals surface area contributed by atoms with E-state index >= 15 is 0 Å². The fourth-order valence-electron chi connectivity index (χ4n) is 3.07. The zero-order chi connectivity index (χ0) is 17.1. The van der Waals surface area contributed by atoms with Gasteiger partial charge in [-0.3, -0.25) is 4.90 Å². The number of aromatic nitrogens is 4. The lowest BCUT2D eigenvalue weighted by Crippen LogP contribution is -2.45. The Bertz CT molecular complexity index is 834. The molecule has 0 aliphatic carbocycles. The highest BCUT2D eigenvalue weighted by atomic mass is 19.1. The second-order valence-electron chi connectivity index (χ2n) is 6.10. The predicted octanol–water partition coefficient (Wildman–Crippen LogP) is 2.15. The molecule has 1 aromatic carbocycles. The molecule has 0 amide bonds. The van der Waals surface area contributed by atoms with Crippen LogP contribution < -0.4 is 5.32 Å². The Labute approximate surface area is 145 Å². The van der Waals surface area contributed by atoms with Crippen LogP contribution in [-0.4, -0.2) is 44.5 Å². The monoisotopic (exact) mass is 338 g/mol. The molecule has 0 radical (unpaired) electrons. The number of halogens is 1. The van der Waals surface area contributed by atoms with Crippen molar-refractivity contribution in [2.45, 2.75) is 12.6 Å². The highest BCUT2D eigenvalue weighted by molar-refractivity contribution is 5.54. The summed E-state index contributed by atoms with van der Waals surface area (Å²) < 4.78 is 13.3. The summed E-state index contributed by atoms with van der Waals surface area (Å²) in [7, 11) is 0. The van der Waals surface area contributed by atoms with Gasteiger partial charge in [0.25, 0.3) is 0 Å². The van der Waals surface area contributed by atoms with Gasteiger partial charge < -0.3 is 10.3 Å². The number of benzene rings is 1. The third-order valence-corrected chi connectivity index (χ3v) is 4.28. The summed E-state index contributed by atoms with van der Waals surface area (Å²) in [5, 5.41) is 3.35. The summed E-state index contributed by atoms with van der Waals surface area (Å²) in [5.41, 5.74) is 2.12. The van der Waals surface area contributed by atoms with E-state index in [4.69, 9.17) is 0 Å². The molecule has 4 rings (SSSR count). The zero-order valence-electron chi connectivity index (χ0n) is 13.7. The average Bonchev–Trinajstić information content (AvgIpc) is 3.11. The van der Waals surface area contributed by atoms with Gasteiger partial charge in [0.15, 0.2) is 0 Å². The van der Waals surface area contributed by atoms with Crippen LogP contribution >= 0.6 is 0 Å². The molecule has 1 atom stereocenters. The van der Waals surface area contributed by atoms with Gasteiger partial charge in [0.05, 0.1) is 6.04 Å². The third-order valence-electron chi connectivity index (χ3n) is 4.28. The van der Waals surface area contributed by atoms with Crippen LogP contribution in [0.1, 0.15) is 17.6 Å². The quantitative estimate of drug-likeness (QED) is 0.714. The summed E-state index contributed by atoms with van der Waals surface area (Å²) in [6.45, 7) is 3.20. The first-order chi connectivity index (χ1) is 12.3. The fraction of sp³-hybridized carbons (Fsp3) is 0.278. The molecule has 2 N–H and O–H groups in total. The summed E-state index contributed by atoms with van der Waals surface area (Å²) in [4.78, 5) is 18.2. The van der Waals surface area contributed by atoms with Crippen molar-refractivity contribution in [1.29, 1.82) is 0 Å². The summed E-state index contributed by atoms with van der Waals surface area (Å²) in [6, 6.07) is 11.2. The molecule has 3 aromatic rings. The van der Waals surface area contributed by atoms with Gasteiger partial charge in [0.1, 0.15) is 11.6 Å².